The molecule has 2 aromatic heterocycles. The van der Waals surface area contributed by atoms with Gasteiger partial charge < -0.3 is 0 Å². The van der Waals surface area contributed by atoms with Gasteiger partial charge in [0.2, 0.25) is 0 Å². The Bertz CT molecular complexity index is 802. The molecule has 0 N–H and O–H groups in total. The molecule has 1 aromatic carbocycles. The molecule has 0 atom stereocenters. The van der Waals surface area contributed by atoms with Crippen LogP contribution in [-0.2, 0) is 6.54 Å². The quantitative estimate of drug-likeness (QED) is 0.696. The van der Waals surface area contributed by atoms with Crippen molar-refractivity contribution in [1.82, 2.24) is 20.0 Å². The summed E-state index contributed by atoms with van der Waals surface area (Å²) in [4.78, 5) is 0. The minimum absolute atomic E-state index is 0.270. The number of benzene rings is 1. The number of rotatable bonds is 2. The Kier molecular flexibility index (Phi) is 3.43. The van der Waals surface area contributed by atoms with Crippen molar-refractivity contribution in [3.63, 3.8) is 0 Å². The van der Waals surface area contributed by atoms with Crippen molar-refractivity contribution in [1.29, 1.82) is 0 Å². The minimum atomic E-state index is -0.326. The van der Waals surface area contributed by atoms with Gasteiger partial charge in [-0.05, 0) is 40.5 Å². The zero-order valence-corrected chi connectivity index (χ0v) is 12.8. The van der Waals surface area contributed by atoms with E-state index < -0.39 is 0 Å². The molecule has 0 aliphatic rings. The second-order valence-corrected chi connectivity index (χ2v) is 5.40. The molecule has 3 rings (SSSR count). The maximum Gasteiger partial charge on any atom is 0.181 e. The summed E-state index contributed by atoms with van der Waals surface area (Å²) in [6.07, 6.45) is 1.70. The number of hydrogen-bond acceptors (Lipinski definition) is 3. The smallest absolute Gasteiger partial charge is 0.181 e. The van der Waals surface area contributed by atoms with Gasteiger partial charge in [-0.15, -0.1) is 10.2 Å². The molecule has 7 heteroatoms. The summed E-state index contributed by atoms with van der Waals surface area (Å²) in [5.41, 5.74) is 2.13. The second kappa shape index (κ2) is 5.10. The van der Waals surface area contributed by atoms with Gasteiger partial charge in [-0.2, -0.15) is 5.10 Å². The lowest BCUT2D eigenvalue weighted by molar-refractivity contribution is 0.621. The average Bonchev–Trinajstić information content (AvgIpc) is 2.85. The van der Waals surface area contributed by atoms with Crippen molar-refractivity contribution in [3.05, 3.63) is 39.8 Å². The summed E-state index contributed by atoms with van der Waals surface area (Å²) < 4.78 is 15.5. The molecule has 0 radical (unpaired) electrons. The van der Waals surface area contributed by atoms with Crippen molar-refractivity contribution in [2.45, 2.75) is 13.5 Å². The predicted molar refractivity (Wildman–Crippen MR) is 79.1 cm³/mol. The Labute approximate surface area is 127 Å². The van der Waals surface area contributed by atoms with E-state index in [0.717, 1.165) is 10.9 Å². The van der Waals surface area contributed by atoms with Gasteiger partial charge in [0, 0.05) is 12.1 Å². The molecule has 0 bridgehead atoms. The van der Waals surface area contributed by atoms with E-state index in [0.29, 0.717) is 22.2 Å². The summed E-state index contributed by atoms with van der Waals surface area (Å²) >= 11 is 9.34. The zero-order chi connectivity index (χ0) is 14.3. The first-order valence-corrected chi connectivity index (χ1v) is 7.12. The summed E-state index contributed by atoms with van der Waals surface area (Å²) in [7, 11) is 0. The number of hydrogen-bond donors (Lipinski definition) is 0. The van der Waals surface area contributed by atoms with E-state index in [9.17, 15) is 4.39 Å². The van der Waals surface area contributed by atoms with E-state index in [2.05, 4.69) is 31.2 Å². The molecule has 0 aliphatic carbocycles. The minimum Gasteiger partial charge on any atom is -0.246 e. The Morgan fingerprint density at radius 2 is 2.15 bits per heavy atom. The second-order valence-electron chi connectivity index (χ2n) is 4.19. The molecule has 0 fully saturated rings. The fourth-order valence-corrected chi connectivity index (χ4v) is 2.70. The molecule has 20 heavy (non-hydrogen) atoms. The predicted octanol–water partition coefficient (Wildman–Crippen LogP) is 4.07. The molecule has 0 aliphatic heterocycles. The fraction of sp³-hybridized carbons (Fsp3) is 0.154. The van der Waals surface area contributed by atoms with E-state index >= 15 is 0 Å². The van der Waals surface area contributed by atoms with Gasteiger partial charge in [-0.1, -0.05) is 17.7 Å². The van der Waals surface area contributed by atoms with E-state index in [1.165, 1.54) is 6.07 Å². The third kappa shape index (κ3) is 2.09. The van der Waals surface area contributed by atoms with Gasteiger partial charge in [0.1, 0.15) is 5.82 Å². The Balaban J connectivity index is 2.31. The maximum absolute atomic E-state index is 13.4. The van der Waals surface area contributed by atoms with Gasteiger partial charge in [0.05, 0.1) is 16.1 Å². The van der Waals surface area contributed by atoms with Gasteiger partial charge in [-0.25, -0.2) is 9.07 Å². The average molecular weight is 356 g/mol. The molecule has 0 spiro atoms. The largest absolute Gasteiger partial charge is 0.246 e. The first kappa shape index (κ1) is 13.5. The first-order valence-electron chi connectivity index (χ1n) is 5.95. The van der Waals surface area contributed by atoms with Crippen LogP contribution in [0.25, 0.3) is 22.2 Å². The lowest BCUT2D eigenvalue weighted by Gasteiger charge is -2.06. The molecular formula is C13H9BrClFN4. The lowest BCUT2D eigenvalue weighted by Crippen LogP contribution is -1.99. The normalized spacial score (nSPS) is 11.2. The van der Waals surface area contributed by atoms with Crippen LogP contribution in [0.1, 0.15) is 6.92 Å². The van der Waals surface area contributed by atoms with Crippen LogP contribution in [0.2, 0.25) is 5.15 Å². The molecule has 0 amide bonds. The molecule has 0 saturated heterocycles. The van der Waals surface area contributed by atoms with Crippen LogP contribution >= 0.6 is 27.5 Å². The molecule has 2 heterocycles. The third-order valence-corrected chi connectivity index (χ3v) is 3.90. The zero-order valence-electron chi connectivity index (χ0n) is 10.4. The van der Waals surface area contributed by atoms with Crippen LogP contribution in [0.5, 0.6) is 0 Å². The van der Waals surface area contributed by atoms with Crippen LogP contribution in [0.4, 0.5) is 4.39 Å². The molecule has 4 nitrogen and oxygen atoms in total. The van der Waals surface area contributed by atoms with E-state index in [1.807, 2.05) is 6.92 Å². The van der Waals surface area contributed by atoms with Crippen molar-refractivity contribution in [2.75, 3.05) is 0 Å². The maximum atomic E-state index is 13.4. The van der Waals surface area contributed by atoms with E-state index in [4.69, 9.17) is 11.6 Å². The topological polar surface area (TPSA) is 43.6 Å². The fourth-order valence-electron chi connectivity index (χ4n) is 2.07. The van der Waals surface area contributed by atoms with Gasteiger partial charge >= 0.3 is 0 Å². The Morgan fingerprint density at radius 1 is 1.35 bits per heavy atom. The van der Waals surface area contributed by atoms with Gasteiger partial charge in [0.15, 0.2) is 10.8 Å². The third-order valence-electron chi connectivity index (χ3n) is 3.03. The Morgan fingerprint density at radius 3 is 2.85 bits per heavy atom. The molecule has 0 unspecified atom stereocenters. The molecule has 102 valence electrons. The number of aromatic nitrogens is 4. The number of fused-ring (bicyclic) bond motifs is 1. The Hall–Kier alpha value is -1.53. The van der Waals surface area contributed by atoms with Crippen LogP contribution in [-0.4, -0.2) is 20.0 Å². The number of nitrogens with zero attached hydrogens (tertiary/aromatic N) is 4. The molecular weight excluding hydrogens is 347 g/mol. The van der Waals surface area contributed by atoms with Crippen LogP contribution in [0.15, 0.2) is 28.9 Å². The standard InChI is InChI=1S/C13H9BrClFN4/c1-2-20-13-8(6-17-20)11(12(15)18-19-13)7-3-4-10(16)9(14)5-7/h3-6H,2H2,1H3. The monoisotopic (exact) mass is 354 g/mol. The van der Waals surface area contributed by atoms with Gasteiger partial charge in [0.25, 0.3) is 0 Å². The van der Waals surface area contributed by atoms with Crippen molar-refractivity contribution >= 4 is 38.6 Å². The SMILES string of the molecule is CCn1ncc2c(-c3ccc(F)c(Br)c3)c(Cl)nnc21. The number of halogens is 3. The van der Waals surface area contributed by atoms with E-state index in [1.54, 1.807) is 23.0 Å². The highest BCUT2D eigenvalue weighted by Gasteiger charge is 2.15. The molecule has 3 aromatic rings. The van der Waals surface area contributed by atoms with Crippen molar-refractivity contribution < 1.29 is 4.39 Å². The van der Waals surface area contributed by atoms with Crippen LogP contribution in [0, 0.1) is 5.82 Å². The number of aryl methyl sites for hydroxylation is 1. The summed E-state index contributed by atoms with van der Waals surface area (Å²) in [5, 5.41) is 13.3. The van der Waals surface area contributed by atoms with Crippen LogP contribution in [0.3, 0.4) is 0 Å². The summed E-state index contributed by atoms with van der Waals surface area (Å²) in [5.74, 6) is -0.326. The highest BCUT2D eigenvalue weighted by Crippen LogP contribution is 2.34. The lowest BCUT2D eigenvalue weighted by atomic mass is 10.1. The van der Waals surface area contributed by atoms with E-state index in [-0.39, 0.29) is 11.0 Å². The van der Waals surface area contributed by atoms with Crippen LogP contribution < -0.4 is 0 Å². The highest BCUT2D eigenvalue weighted by atomic mass is 79.9. The van der Waals surface area contributed by atoms with Crippen molar-refractivity contribution in [2.24, 2.45) is 0 Å². The summed E-state index contributed by atoms with van der Waals surface area (Å²) in [6, 6.07) is 4.71. The first-order chi connectivity index (χ1) is 9.61. The van der Waals surface area contributed by atoms with Crippen molar-refractivity contribution in [3.8, 4) is 11.1 Å². The summed E-state index contributed by atoms with van der Waals surface area (Å²) in [6.45, 7) is 2.66. The molecule has 0 saturated carbocycles. The van der Waals surface area contributed by atoms with Gasteiger partial charge in [-0.3, -0.25) is 0 Å². The highest BCUT2D eigenvalue weighted by molar-refractivity contribution is 9.10.